The van der Waals surface area contributed by atoms with Gasteiger partial charge < -0.3 is 19.9 Å². The van der Waals surface area contributed by atoms with Crippen molar-refractivity contribution in [2.75, 3.05) is 11.9 Å². The molecular weight excluding hydrogens is 360 g/mol. The smallest absolute Gasteiger partial charge is 0.313 e. The van der Waals surface area contributed by atoms with Gasteiger partial charge in [0.1, 0.15) is 23.1 Å². The number of fused-ring (bicyclic) bond motifs is 2. The Bertz CT molecular complexity index is 1000. The fraction of sp³-hybridized carbons (Fsp3) is 0.381. The number of esters is 1. The Hall–Kier alpha value is -3.09. The maximum absolute atomic E-state index is 12.3. The summed E-state index contributed by atoms with van der Waals surface area (Å²) < 4.78 is 11.3. The molecular formula is C21H20N2O5. The molecule has 5 rings (SSSR count). The van der Waals surface area contributed by atoms with Gasteiger partial charge in [-0.2, -0.15) is 0 Å². The average Bonchev–Trinajstić information content (AvgIpc) is 3.55. The molecule has 1 aromatic heterocycles. The van der Waals surface area contributed by atoms with E-state index in [1.807, 2.05) is 0 Å². The predicted octanol–water partition coefficient (Wildman–Crippen LogP) is 3.13. The van der Waals surface area contributed by atoms with Gasteiger partial charge in [-0.05, 0) is 49.9 Å². The Morgan fingerprint density at radius 3 is 3.00 bits per heavy atom. The summed E-state index contributed by atoms with van der Waals surface area (Å²) in [5.74, 6) is 1.90. The first kappa shape index (κ1) is 17.0. The molecule has 2 aromatic rings. The van der Waals surface area contributed by atoms with E-state index in [2.05, 4.69) is 10.3 Å². The van der Waals surface area contributed by atoms with E-state index in [1.54, 1.807) is 37.4 Å². The van der Waals surface area contributed by atoms with Crippen LogP contribution in [0.25, 0.3) is 0 Å². The average molecular weight is 380 g/mol. The summed E-state index contributed by atoms with van der Waals surface area (Å²) in [6, 6.07) is 6.84. The number of anilines is 1. The van der Waals surface area contributed by atoms with Crippen molar-refractivity contribution in [3.63, 3.8) is 0 Å². The SMILES string of the molecule is CCOC(=O)[C@@]12C[C@H]1[C@H]2c1cc(Oc2ccnc3c2CCC(=O)N3)ccc1O. The lowest BCUT2D eigenvalue weighted by Gasteiger charge is -2.19. The van der Waals surface area contributed by atoms with Gasteiger partial charge in [0.15, 0.2) is 0 Å². The summed E-state index contributed by atoms with van der Waals surface area (Å²) in [5, 5.41) is 13.1. The lowest BCUT2D eigenvalue weighted by atomic mass is 9.96. The Morgan fingerprint density at radius 1 is 1.36 bits per heavy atom. The van der Waals surface area contributed by atoms with Crippen LogP contribution in [0.5, 0.6) is 17.2 Å². The quantitative estimate of drug-likeness (QED) is 0.774. The van der Waals surface area contributed by atoms with Crippen LogP contribution in [0.2, 0.25) is 0 Å². The zero-order chi connectivity index (χ0) is 19.5. The lowest BCUT2D eigenvalue weighted by molar-refractivity contribution is -0.147. The van der Waals surface area contributed by atoms with E-state index >= 15 is 0 Å². The van der Waals surface area contributed by atoms with Crippen molar-refractivity contribution in [2.24, 2.45) is 11.3 Å². The van der Waals surface area contributed by atoms with Gasteiger partial charge in [0.05, 0.1) is 12.0 Å². The highest BCUT2D eigenvalue weighted by atomic mass is 16.5. The van der Waals surface area contributed by atoms with Gasteiger partial charge in [-0.25, -0.2) is 4.98 Å². The molecule has 7 nitrogen and oxygen atoms in total. The van der Waals surface area contributed by atoms with E-state index in [4.69, 9.17) is 9.47 Å². The summed E-state index contributed by atoms with van der Waals surface area (Å²) >= 11 is 0. The largest absolute Gasteiger partial charge is 0.508 e. The zero-order valence-electron chi connectivity index (χ0n) is 15.4. The highest BCUT2D eigenvalue weighted by Gasteiger charge is 2.84. The summed E-state index contributed by atoms with van der Waals surface area (Å²) in [6.45, 7) is 2.16. The van der Waals surface area contributed by atoms with Crippen molar-refractivity contribution in [2.45, 2.75) is 32.1 Å². The summed E-state index contributed by atoms with van der Waals surface area (Å²) in [4.78, 5) is 28.0. The van der Waals surface area contributed by atoms with Gasteiger partial charge in [-0.1, -0.05) is 0 Å². The standard InChI is InChI=1S/C21H20N2O5/c1-2-27-20(26)21-10-14(21)18(21)13-9-11(3-5-15(13)24)28-16-7-8-22-19-12(16)4-6-17(25)23-19/h3,5,7-9,14,18,24H,2,4,6,10H2,1H3,(H,22,23,25)/t14-,18+,21-/m0/s1. The second-order valence-corrected chi connectivity index (χ2v) is 7.56. The number of carbonyl (C=O) groups excluding carboxylic acids is 2. The van der Waals surface area contributed by atoms with Crippen LogP contribution in [-0.2, 0) is 20.7 Å². The maximum atomic E-state index is 12.3. The number of amides is 1. The van der Waals surface area contributed by atoms with E-state index in [0.29, 0.717) is 36.8 Å². The molecule has 2 aliphatic carbocycles. The van der Waals surface area contributed by atoms with Gasteiger partial charge in [-0.15, -0.1) is 0 Å². The Kier molecular flexibility index (Phi) is 3.62. The number of hydrogen-bond donors (Lipinski definition) is 2. The summed E-state index contributed by atoms with van der Waals surface area (Å²) in [6.07, 6.45) is 3.36. The number of benzene rings is 1. The third-order valence-corrected chi connectivity index (χ3v) is 6.00. The molecule has 2 saturated carbocycles. The first-order valence-corrected chi connectivity index (χ1v) is 9.50. The minimum absolute atomic E-state index is 0.0132. The zero-order valence-corrected chi connectivity index (χ0v) is 15.4. The van der Waals surface area contributed by atoms with Gasteiger partial charge in [0.2, 0.25) is 5.91 Å². The molecule has 3 atom stereocenters. The van der Waals surface area contributed by atoms with Crippen molar-refractivity contribution >= 4 is 17.7 Å². The van der Waals surface area contributed by atoms with Crippen molar-refractivity contribution < 1.29 is 24.2 Å². The van der Waals surface area contributed by atoms with Crippen LogP contribution in [0.15, 0.2) is 30.5 Å². The first-order valence-electron chi connectivity index (χ1n) is 9.50. The molecule has 7 heteroatoms. The van der Waals surface area contributed by atoms with Crippen LogP contribution in [0, 0.1) is 11.3 Å². The highest BCUT2D eigenvalue weighted by Crippen LogP contribution is 2.85. The fourth-order valence-electron chi connectivity index (χ4n) is 4.35. The third-order valence-electron chi connectivity index (χ3n) is 6.00. The number of ether oxygens (including phenoxy) is 2. The van der Waals surface area contributed by atoms with Crippen LogP contribution in [0.4, 0.5) is 5.82 Å². The second-order valence-electron chi connectivity index (χ2n) is 7.56. The number of rotatable bonds is 5. The van der Waals surface area contributed by atoms with Gasteiger partial charge in [0, 0.05) is 29.7 Å². The number of aromatic hydroxyl groups is 1. The maximum Gasteiger partial charge on any atom is 0.313 e. The molecule has 0 unspecified atom stereocenters. The molecule has 1 amide bonds. The van der Waals surface area contributed by atoms with Crippen LogP contribution in [0.1, 0.15) is 36.8 Å². The predicted molar refractivity (Wildman–Crippen MR) is 99.3 cm³/mol. The number of nitrogens with zero attached hydrogens (tertiary/aromatic N) is 1. The number of pyridine rings is 1. The Morgan fingerprint density at radius 2 is 2.21 bits per heavy atom. The highest BCUT2D eigenvalue weighted by molar-refractivity contribution is 5.93. The molecule has 0 radical (unpaired) electrons. The second kappa shape index (κ2) is 5.95. The molecule has 28 heavy (non-hydrogen) atoms. The van der Waals surface area contributed by atoms with E-state index in [0.717, 1.165) is 17.5 Å². The summed E-state index contributed by atoms with van der Waals surface area (Å²) in [7, 11) is 0. The molecule has 0 saturated heterocycles. The molecule has 1 aromatic carbocycles. The van der Waals surface area contributed by atoms with E-state index in [9.17, 15) is 14.7 Å². The third kappa shape index (κ3) is 2.46. The van der Waals surface area contributed by atoms with Crippen LogP contribution < -0.4 is 10.1 Å². The molecule has 144 valence electrons. The van der Waals surface area contributed by atoms with Crippen LogP contribution >= 0.6 is 0 Å². The monoisotopic (exact) mass is 380 g/mol. The molecule has 2 N–H and O–H groups in total. The van der Waals surface area contributed by atoms with Crippen molar-refractivity contribution in [1.29, 1.82) is 0 Å². The Labute approximate surface area is 161 Å². The molecule has 0 bridgehead atoms. The van der Waals surface area contributed by atoms with Crippen LogP contribution in [-0.4, -0.2) is 28.6 Å². The van der Waals surface area contributed by atoms with Gasteiger partial charge >= 0.3 is 5.97 Å². The van der Waals surface area contributed by atoms with Crippen molar-refractivity contribution in [1.82, 2.24) is 4.98 Å². The van der Waals surface area contributed by atoms with Crippen molar-refractivity contribution in [3.05, 3.63) is 41.6 Å². The number of nitrogens with one attached hydrogen (secondary N) is 1. The normalized spacial score (nSPS) is 26.5. The number of phenols is 1. The number of hydrogen-bond acceptors (Lipinski definition) is 6. The van der Waals surface area contributed by atoms with E-state index in [-0.39, 0.29) is 29.5 Å². The number of phenolic OH excluding ortho intramolecular Hbond substituents is 1. The minimum Gasteiger partial charge on any atom is -0.508 e. The molecule has 3 aliphatic rings. The summed E-state index contributed by atoms with van der Waals surface area (Å²) in [5.41, 5.74) is 1.12. The number of carbonyl (C=O) groups is 2. The first-order chi connectivity index (χ1) is 13.5. The number of aromatic nitrogens is 1. The fourth-order valence-corrected chi connectivity index (χ4v) is 4.35. The van der Waals surface area contributed by atoms with Gasteiger partial charge in [0.25, 0.3) is 0 Å². The molecule has 0 spiro atoms. The lowest BCUT2D eigenvalue weighted by Crippen LogP contribution is -2.20. The molecule has 2 fully saturated rings. The topological polar surface area (TPSA) is 97.8 Å². The minimum atomic E-state index is -0.452. The molecule has 2 heterocycles. The van der Waals surface area contributed by atoms with E-state index < -0.39 is 5.41 Å². The van der Waals surface area contributed by atoms with Gasteiger partial charge in [-0.3, -0.25) is 9.59 Å². The van der Waals surface area contributed by atoms with Crippen molar-refractivity contribution in [3.8, 4) is 17.2 Å². The van der Waals surface area contributed by atoms with E-state index in [1.165, 1.54) is 0 Å². The Balaban J connectivity index is 1.41. The molecule has 1 aliphatic heterocycles. The van der Waals surface area contributed by atoms with Crippen LogP contribution in [0.3, 0.4) is 0 Å².